The average Bonchev–Trinajstić information content (AvgIpc) is 3.38. The van der Waals surface area contributed by atoms with E-state index in [-0.39, 0.29) is 42.4 Å². The molecule has 1 aliphatic carbocycles. The van der Waals surface area contributed by atoms with E-state index in [9.17, 15) is 27.6 Å². The van der Waals surface area contributed by atoms with Gasteiger partial charge in [-0.05, 0) is 37.8 Å². The number of Topliss-reactive ketones (excluding diaryl/α,β-unsaturated/α-hetero) is 1. The number of alkyl halides is 3. The van der Waals surface area contributed by atoms with Gasteiger partial charge in [-0.15, -0.1) is 0 Å². The number of pyridine rings is 1. The minimum absolute atomic E-state index is 0.0571. The number of nitrogens with one attached hydrogen (secondary N) is 2. The maximum absolute atomic E-state index is 13.5. The Morgan fingerprint density at radius 3 is 2.19 bits per heavy atom. The number of aromatic nitrogens is 3. The molecule has 1 fully saturated rings. The second-order valence-electron chi connectivity index (χ2n) is 8.85. The lowest BCUT2D eigenvalue weighted by Gasteiger charge is -2.27. The van der Waals surface area contributed by atoms with Crippen molar-refractivity contribution in [1.82, 2.24) is 25.4 Å². The highest BCUT2D eigenvalue weighted by atomic mass is 19.4. The predicted molar refractivity (Wildman–Crippen MR) is 128 cm³/mol. The second kappa shape index (κ2) is 11.4. The first-order valence-electron chi connectivity index (χ1n) is 12.0. The fourth-order valence-electron chi connectivity index (χ4n) is 4.41. The van der Waals surface area contributed by atoms with E-state index in [0.29, 0.717) is 31.2 Å². The molecule has 2 amide bonds. The Hall–Kier alpha value is -4.02. The van der Waals surface area contributed by atoms with Crippen LogP contribution in [0.1, 0.15) is 52.1 Å². The molecule has 4 rings (SSSR count). The molecule has 11 heteroatoms. The SMILES string of the molecule is O=C(NCCNC(=O)[C@H]1CC[C@H](C(=O)c2ccccc2)CC1)c1cn(-c2ccccn2)nc1C(F)(F)F. The first-order valence-corrected chi connectivity index (χ1v) is 12.0. The molecule has 0 bridgehead atoms. The Bertz CT molecular complexity index is 1240. The molecule has 3 aromatic rings. The summed E-state index contributed by atoms with van der Waals surface area (Å²) >= 11 is 0. The van der Waals surface area contributed by atoms with Crippen LogP contribution in [0.25, 0.3) is 5.82 Å². The van der Waals surface area contributed by atoms with Crippen LogP contribution in [0.5, 0.6) is 0 Å². The van der Waals surface area contributed by atoms with E-state index in [1.165, 1.54) is 12.3 Å². The van der Waals surface area contributed by atoms with Crippen molar-refractivity contribution in [3.8, 4) is 5.82 Å². The third-order valence-corrected chi connectivity index (χ3v) is 6.35. The van der Waals surface area contributed by atoms with Crippen molar-refractivity contribution in [1.29, 1.82) is 0 Å². The molecule has 194 valence electrons. The fourth-order valence-corrected chi connectivity index (χ4v) is 4.41. The van der Waals surface area contributed by atoms with Gasteiger partial charge in [0.2, 0.25) is 5.91 Å². The van der Waals surface area contributed by atoms with E-state index in [0.717, 1.165) is 10.9 Å². The van der Waals surface area contributed by atoms with Crippen molar-refractivity contribution < 1.29 is 27.6 Å². The number of rotatable bonds is 8. The lowest BCUT2D eigenvalue weighted by molar-refractivity contribution is -0.141. The van der Waals surface area contributed by atoms with E-state index < -0.39 is 23.3 Å². The van der Waals surface area contributed by atoms with Gasteiger partial charge in [0.1, 0.15) is 0 Å². The number of halogens is 3. The highest BCUT2D eigenvalue weighted by Crippen LogP contribution is 2.32. The Kier molecular flexibility index (Phi) is 8.00. The number of carbonyl (C=O) groups excluding carboxylic acids is 3. The Morgan fingerprint density at radius 2 is 1.54 bits per heavy atom. The lowest BCUT2D eigenvalue weighted by Crippen LogP contribution is -2.39. The van der Waals surface area contributed by atoms with Crippen LogP contribution in [-0.2, 0) is 11.0 Å². The van der Waals surface area contributed by atoms with Gasteiger partial charge in [-0.1, -0.05) is 36.4 Å². The van der Waals surface area contributed by atoms with E-state index in [1.54, 1.807) is 24.3 Å². The number of nitrogens with zero attached hydrogens (tertiary/aromatic N) is 3. The maximum atomic E-state index is 13.5. The summed E-state index contributed by atoms with van der Waals surface area (Å²) in [6.07, 6.45) is -0.0750. The fraction of sp³-hybridized carbons (Fsp3) is 0.346. The van der Waals surface area contributed by atoms with Crippen molar-refractivity contribution in [2.24, 2.45) is 11.8 Å². The van der Waals surface area contributed by atoms with Crippen molar-refractivity contribution in [2.75, 3.05) is 13.1 Å². The van der Waals surface area contributed by atoms with Gasteiger partial charge in [0.25, 0.3) is 5.91 Å². The highest BCUT2D eigenvalue weighted by Gasteiger charge is 2.39. The molecule has 2 aromatic heterocycles. The van der Waals surface area contributed by atoms with Crippen LogP contribution in [0.2, 0.25) is 0 Å². The molecule has 1 saturated carbocycles. The third kappa shape index (κ3) is 6.41. The monoisotopic (exact) mass is 513 g/mol. The van der Waals surface area contributed by atoms with E-state index in [2.05, 4.69) is 20.7 Å². The summed E-state index contributed by atoms with van der Waals surface area (Å²) in [5.74, 6) is -1.28. The number of hydrogen-bond acceptors (Lipinski definition) is 5. The molecule has 0 unspecified atom stereocenters. The maximum Gasteiger partial charge on any atom is 0.435 e. The van der Waals surface area contributed by atoms with Crippen molar-refractivity contribution >= 4 is 17.6 Å². The predicted octanol–water partition coefficient (Wildman–Crippen LogP) is 3.82. The summed E-state index contributed by atoms with van der Waals surface area (Å²) < 4.78 is 41.3. The van der Waals surface area contributed by atoms with Gasteiger partial charge >= 0.3 is 6.18 Å². The molecule has 2 heterocycles. The minimum Gasteiger partial charge on any atom is -0.354 e. The summed E-state index contributed by atoms with van der Waals surface area (Å²) in [5.41, 5.74) is -1.28. The van der Waals surface area contributed by atoms with Gasteiger partial charge in [-0.3, -0.25) is 14.4 Å². The molecule has 0 atom stereocenters. The molecule has 0 saturated heterocycles. The van der Waals surface area contributed by atoms with Crippen molar-refractivity contribution in [3.63, 3.8) is 0 Å². The summed E-state index contributed by atoms with van der Waals surface area (Å²) in [5, 5.41) is 8.62. The van der Waals surface area contributed by atoms with Crippen LogP contribution in [0.3, 0.4) is 0 Å². The smallest absolute Gasteiger partial charge is 0.354 e. The van der Waals surface area contributed by atoms with Gasteiger partial charge < -0.3 is 10.6 Å². The molecular formula is C26H26F3N5O3. The molecule has 1 aromatic carbocycles. The van der Waals surface area contributed by atoms with Crippen LogP contribution in [0.15, 0.2) is 60.9 Å². The number of ketones is 1. The first-order chi connectivity index (χ1) is 17.7. The molecule has 37 heavy (non-hydrogen) atoms. The van der Waals surface area contributed by atoms with Gasteiger partial charge in [0, 0.05) is 42.9 Å². The molecule has 0 spiro atoms. The first kappa shape index (κ1) is 26.1. The number of benzene rings is 1. The van der Waals surface area contributed by atoms with Crippen molar-refractivity contribution in [3.05, 3.63) is 77.7 Å². The summed E-state index contributed by atoms with van der Waals surface area (Å²) in [6, 6.07) is 13.7. The van der Waals surface area contributed by atoms with E-state index >= 15 is 0 Å². The zero-order chi connectivity index (χ0) is 26.4. The van der Waals surface area contributed by atoms with Gasteiger partial charge in [-0.2, -0.15) is 18.3 Å². The lowest BCUT2D eigenvalue weighted by atomic mass is 9.78. The molecule has 2 N–H and O–H groups in total. The zero-order valence-electron chi connectivity index (χ0n) is 19.9. The van der Waals surface area contributed by atoms with Crippen LogP contribution < -0.4 is 10.6 Å². The quantitative estimate of drug-likeness (QED) is 0.352. The average molecular weight is 514 g/mol. The number of amides is 2. The summed E-state index contributed by atoms with van der Waals surface area (Å²) in [6.45, 7) is 0.00164. The number of hydrogen-bond donors (Lipinski definition) is 2. The molecule has 0 radical (unpaired) electrons. The number of carbonyl (C=O) groups is 3. The molecule has 1 aliphatic rings. The summed E-state index contributed by atoms with van der Waals surface area (Å²) in [7, 11) is 0. The molecule has 0 aliphatic heterocycles. The summed E-state index contributed by atoms with van der Waals surface area (Å²) in [4.78, 5) is 41.6. The molecular weight excluding hydrogens is 487 g/mol. The standard InChI is InChI=1S/C26H26F3N5O3/c27-26(28,29)23-20(16-34(33-23)21-8-4-5-13-30-21)25(37)32-15-14-31-24(36)19-11-9-18(10-12-19)22(35)17-6-2-1-3-7-17/h1-8,13,16,18-19H,9-12,14-15H2,(H,31,36)(H,32,37)/t18-,19-. The Labute approximate surface area is 211 Å². The van der Waals surface area contributed by atoms with E-state index in [1.807, 2.05) is 18.2 Å². The van der Waals surface area contributed by atoms with E-state index in [4.69, 9.17) is 0 Å². The molecule has 8 nitrogen and oxygen atoms in total. The Balaban J connectivity index is 1.26. The van der Waals surface area contributed by atoms with Gasteiger partial charge in [0.15, 0.2) is 17.3 Å². The second-order valence-corrected chi connectivity index (χ2v) is 8.85. The van der Waals surface area contributed by atoms with Gasteiger partial charge in [-0.25, -0.2) is 9.67 Å². The van der Waals surface area contributed by atoms with Crippen LogP contribution in [0.4, 0.5) is 13.2 Å². The third-order valence-electron chi connectivity index (χ3n) is 6.35. The van der Waals surface area contributed by atoms with Crippen LogP contribution >= 0.6 is 0 Å². The van der Waals surface area contributed by atoms with Gasteiger partial charge in [0.05, 0.1) is 5.56 Å². The van der Waals surface area contributed by atoms with Crippen molar-refractivity contribution in [2.45, 2.75) is 31.9 Å². The zero-order valence-corrected chi connectivity index (χ0v) is 19.9. The topological polar surface area (TPSA) is 106 Å². The Morgan fingerprint density at radius 1 is 0.892 bits per heavy atom. The van der Waals surface area contributed by atoms with Crippen LogP contribution in [0, 0.1) is 11.8 Å². The van der Waals surface area contributed by atoms with Crippen LogP contribution in [-0.4, -0.2) is 45.5 Å². The highest BCUT2D eigenvalue weighted by molar-refractivity contribution is 5.98. The normalized spacial score (nSPS) is 17.7. The minimum atomic E-state index is -4.83. The largest absolute Gasteiger partial charge is 0.435 e.